The van der Waals surface area contributed by atoms with E-state index in [2.05, 4.69) is 10.2 Å². The summed E-state index contributed by atoms with van der Waals surface area (Å²) in [4.78, 5) is 10.5. The molecule has 2 rings (SSSR count). The summed E-state index contributed by atoms with van der Waals surface area (Å²) in [6.07, 6.45) is 2.12. The van der Waals surface area contributed by atoms with Crippen LogP contribution in [0.2, 0.25) is 5.02 Å². The Kier molecular flexibility index (Phi) is 1.58. The van der Waals surface area contributed by atoms with Crippen LogP contribution in [0.3, 0.4) is 0 Å². The number of hydrogen-bond acceptors (Lipinski definition) is 2. The van der Waals surface area contributed by atoms with Crippen LogP contribution in [-0.2, 0) is 0 Å². The quantitative estimate of drug-likeness (QED) is 0.738. The number of aromatic amines is 1. The van der Waals surface area contributed by atoms with Crippen molar-refractivity contribution in [1.29, 1.82) is 0 Å². The van der Waals surface area contributed by atoms with Crippen LogP contribution in [0, 0.1) is 0 Å². The highest BCUT2D eigenvalue weighted by atomic mass is 35.5. The van der Waals surface area contributed by atoms with E-state index in [0.717, 1.165) is 12.8 Å². The predicted molar refractivity (Wildman–Crippen MR) is 42.5 cm³/mol. The van der Waals surface area contributed by atoms with Gasteiger partial charge in [0.15, 0.2) is 5.69 Å². The summed E-state index contributed by atoms with van der Waals surface area (Å²) < 4.78 is 0. The van der Waals surface area contributed by atoms with Gasteiger partial charge in [-0.15, -0.1) is 0 Å². The van der Waals surface area contributed by atoms with Crippen molar-refractivity contribution >= 4 is 17.6 Å². The molecule has 0 spiro atoms. The van der Waals surface area contributed by atoms with E-state index in [4.69, 9.17) is 16.7 Å². The minimum absolute atomic E-state index is 0.00133. The molecule has 12 heavy (non-hydrogen) atoms. The molecular weight excluding hydrogens is 180 g/mol. The van der Waals surface area contributed by atoms with Crippen molar-refractivity contribution in [2.24, 2.45) is 0 Å². The molecule has 2 N–H and O–H groups in total. The molecule has 1 aromatic rings. The van der Waals surface area contributed by atoms with Gasteiger partial charge in [-0.05, 0) is 12.8 Å². The van der Waals surface area contributed by atoms with Crippen molar-refractivity contribution in [2.45, 2.75) is 18.8 Å². The van der Waals surface area contributed by atoms with Gasteiger partial charge in [0.05, 0.1) is 10.7 Å². The van der Waals surface area contributed by atoms with E-state index in [9.17, 15) is 4.79 Å². The number of carboxylic acid groups (broad SMARTS) is 1. The van der Waals surface area contributed by atoms with Gasteiger partial charge in [-0.25, -0.2) is 4.79 Å². The Hall–Kier alpha value is -1.03. The molecule has 1 saturated carbocycles. The monoisotopic (exact) mass is 186 g/mol. The van der Waals surface area contributed by atoms with Gasteiger partial charge >= 0.3 is 5.97 Å². The van der Waals surface area contributed by atoms with E-state index in [-0.39, 0.29) is 10.7 Å². The number of hydrogen-bond donors (Lipinski definition) is 2. The molecule has 0 aliphatic heterocycles. The van der Waals surface area contributed by atoms with Crippen molar-refractivity contribution < 1.29 is 9.90 Å². The first-order chi connectivity index (χ1) is 5.70. The van der Waals surface area contributed by atoms with Gasteiger partial charge in [0.2, 0.25) is 0 Å². The van der Waals surface area contributed by atoms with Crippen LogP contribution in [0.15, 0.2) is 0 Å². The third kappa shape index (κ3) is 1.08. The Balaban J connectivity index is 2.39. The Morgan fingerprint density at radius 3 is 2.75 bits per heavy atom. The summed E-state index contributed by atoms with van der Waals surface area (Å²) in [5, 5.41) is 15.2. The first-order valence-electron chi connectivity index (χ1n) is 3.67. The molecule has 1 aromatic heterocycles. The molecule has 0 saturated heterocycles. The van der Waals surface area contributed by atoms with Gasteiger partial charge in [-0.2, -0.15) is 5.10 Å². The second kappa shape index (κ2) is 2.48. The molecule has 0 unspecified atom stereocenters. The highest BCUT2D eigenvalue weighted by Crippen LogP contribution is 2.42. The second-order valence-electron chi connectivity index (χ2n) is 2.88. The first kappa shape index (κ1) is 7.61. The highest BCUT2D eigenvalue weighted by molar-refractivity contribution is 6.34. The number of nitrogens with one attached hydrogen (secondary N) is 1. The third-order valence-corrected chi connectivity index (χ3v) is 2.29. The van der Waals surface area contributed by atoms with E-state index in [1.807, 2.05) is 0 Å². The smallest absolute Gasteiger partial charge is 0.355 e. The fourth-order valence-electron chi connectivity index (χ4n) is 1.11. The van der Waals surface area contributed by atoms with Crippen LogP contribution in [-0.4, -0.2) is 21.3 Å². The fraction of sp³-hybridized carbons (Fsp3) is 0.429. The summed E-state index contributed by atoms with van der Waals surface area (Å²) in [7, 11) is 0. The maximum Gasteiger partial charge on any atom is 0.355 e. The summed E-state index contributed by atoms with van der Waals surface area (Å²) in [5.74, 6) is -0.679. The molecule has 1 aliphatic carbocycles. The van der Waals surface area contributed by atoms with E-state index in [1.54, 1.807) is 0 Å². The lowest BCUT2D eigenvalue weighted by Gasteiger charge is -1.89. The van der Waals surface area contributed by atoms with E-state index < -0.39 is 5.97 Å². The molecule has 0 amide bonds. The largest absolute Gasteiger partial charge is 0.476 e. The maximum atomic E-state index is 10.5. The highest BCUT2D eigenvalue weighted by Gasteiger charge is 2.30. The number of nitrogens with zero attached hydrogens (tertiary/aromatic N) is 1. The topological polar surface area (TPSA) is 66.0 Å². The maximum absolute atomic E-state index is 10.5. The lowest BCUT2D eigenvalue weighted by molar-refractivity contribution is 0.0690. The number of halogens is 1. The Morgan fingerprint density at radius 1 is 1.67 bits per heavy atom. The standard InChI is InChI=1S/C7H7ClN2O2/c8-4-5(3-1-2-3)9-10-6(4)7(11)12/h3H,1-2H2,(H,9,10)(H,11,12). The molecule has 0 radical (unpaired) electrons. The number of carboxylic acids is 1. The van der Waals surface area contributed by atoms with Gasteiger partial charge in [-0.1, -0.05) is 11.6 Å². The molecule has 64 valence electrons. The van der Waals surface area contributed by atoms with E-state index in [0.29, 0.717) is 11.6 Å². The summed E-state index contributed by atoms with van der Waals surface area (Å²) in [6, 6.07) is 0. The average Bonchev–Trinajstić information content (AvgIpc) is 2.75. The van der Waals surface area contributed by atoms with Crippen LogP contribution in [0.4, 0.5) is 0 Å². The minimum atomic E-state index is -1.06. The van der Waals surface area contributed by atoms with E-state index >= 15 is 0 Å². The predicted octanol–water partition coefficient (Wildman–Crippen LogP) is 1.64. The molecule has 0 bridgehead atoms. The average molecular weight is 187 g/mol. The molecule has 1 aliphatic rings. The number of aromatic carboxylic acids is 1. The Labute approximate surface area is 73.5 Å². The van der Waals surface area contributed by atoms with Crippen LogP contribution < -0.4 is 0 Å². The molecular formula is C7H7ClN2O2. The summed E-state index contributed by atoms with van der Waals surface area (Å²) in [5.41, 5.74) is 0.702. The van der Waals surface area contributed by atoms with Crippen molar-refractivity contribution in [2.75, 3.05) is 0 Å². The van der Waals surface area contributed by atoms with Crippen molar-refractivity contribution in [3.05, 3.63) is 16.4 Å². The van der Waals surface area contributed by atoms with Crippen molar-refractivity contribution in [1.82, 2.24) is 10.2 Å². The van der Waals surface area contributed by atoms with Crippen LogP contribution >= 0.6 is 11.6 Å². The molecule has 1 fully saturated rings. The lowest BCUT2D eigenvalue weighted by atomic mass is 10.2. The van der Waals surface area contributed by atoms with Crippen LogP contribution in [0.5, 0.6) is 0 Å². The van der Waals surface area contributed by atoms with Gasteiger partial charge in [0.1, 0.15) is 0 Å². The van der Waals surface area contributed by atoms with E-state index in [1.165, 1.54) is 0 Å². The third-order valence-electron chi connectivity index (χ3n) is 1.91. The van der Waals surface area contributed by atoms with Crippen LogP contribution in [0.1, 0.15) is 34.9 Å². The Bertz CT molecular complexity index is 330. The molecule has 5 heteroatoms. The fourth-order valence-corrected chi connectivity index (χ4v) is 1.43. The van der Waals surface area contributed by atoms with Crippen molar-refractivity contribution in [3.63, 3.8) is 0 Å². The van der Waals surface area contributed by atoms with Gasteiger partial charge < -0.3 is 5.11 Å². The minimum Gasteiger partial charge on any atom is -0.476 e. The van der Waals surface area contributed by atoms with Crippen LogP contribution in [0.25, 0.3) is 0 Å². The molecule has 0 aromatic carbocycles. The Morgan fingerprint density at radius 2 is 2.33 bits per heavy atom. The normalized spacial score (nSPS) is 16.4. The van der Waals surface area contributed by atoms with Crippen molar-refractivity contribution in [3.8, 4) is 0 Å². The SMILES string of the molecule is O=C(O)c1[nH]nc(C2CC2)c1Cl. The summed E-state index contributed by atoms with van der Waals surface area (Å²) in [6.45, 7) is 0. The van der Waals surface area contributed by atoms with Gasteiger partial charge in [-0.3, -0.25) is 5.10 Å². The molecule has 1 heterocycles. The summed E-state index contributed by atoms with van der Waals surface area (Å²) >= 11 is 5.78. The number of aromatic nitrogens is 2. The number of carbonyl (C=O) groups is 1. The zero-order valence-corrected chi connectivity index (χ0v) is 6.93. The zero-order valence-electron chi connectivity index (χ0n) is 6.17. The second-order valence-corrected chi connectivity index (χ2v) is 3.26. The number of rotatable bonds is 2. The van der Waals surface area contributed by atoms with Gasteiger partial charge in [0, 0.05) is 5.92 Å². The van der Waals surface area contributed by atoms with Gasteiger partial charge in [0.25, 0.3) is 0 Å². The lowest BCUT2D eigenvalue weighted by Crippen LogP contribution is -1.96. The zero-order chi connectivity index (χ0) is 8.72. The molecule has 0 atom stereocenters. The molecule has 4 nitrogen and oxygen atoms in total. The number of H-pyrrole nitrogens is 1. The first-order valence-corrected chi connectivity index (χ1v) is 4.05.